The van der Waals surface area contributed by atoms with E-state index in [1.807, 2.05) is 13.8 Å². The van der Waals surface area contributed by atoms with Gasteiger partial charge in [-0.2, -0.15) is 0 Å². The first kappa shape index (κ1) is 26.1. The summed E-state index contributed by atoms with van der Waals surface area (Å²) in [7, 11) is -3.86. The van der Waals surface area contributed by atoms with Gasteiger partial charge in [0.15, 0.2) is 5.96 Å². The lowest BCUT2D eigenvalue weighted by atomic mass is 9.95. The van der Waals surface area contributed by atoms with Gasteiger partial charge in [0, 0.05) is 47.5 Å². The number of sulfonamides is 1. The zero-order valence-corrected chi connectivity index (χ0v) is 20.1. The van der Waals surface area contributed by atoms with E-state index in [2.05, 4.69) is 20.3 Å². The monoisotopic (exact) mass is 522 g/mol. The highest BCUT2D eigenvalue weighted by molar-refractivity contribution is 14.0. The number of halogens is 1. The first-order chi connectivity index (χ1) is 11.9. The Morgan fingerprint density at radius 1 is 1.23 bits per heavy atom. The Labute approximate surface area is 178 Å². The number of hydrogen-bond donors (Lipinski definition) is 3. The van der Waals surface area contributed by atoms with Gasteiger partial charge in [-0.3, -0.25) is 9.20 Å². The van der Waals surface area contributed by atoms with E-state index in [0.717, 1.165) is 43.9 Å². The first-order valence-electron chi connectivity index (χ1n) is 9.31. The topological polar surface area (TPSA) is 99.7 Å². The third-order valence-electron chi connectivity index (χ3n) is 4.27. The maximum absolute atomic E-state index is 12.1. The third kappa shape index (κ3) is 10.4. The molecule has 0 aliphatic heterocycles. The van der Waals surface area contributed by atoms with Crippen molar-refractivity contribution in [3.05, 3.63) is 0 Å². The molecule has 0 amide bonds. The molecule has 3 atom stereocenters. The molecule has 0 aromatic carbocycles. The van der Waals surface area contributed by atoms with Crippen molar-refractivity contribution < 1.29 is 12.6 Å². The smallest absolute Gasteiger partial charge is 0.211 e. The summed E-state index contributed by atoms with van der Waals surface area (Å²) in [5.74, 6) is 1.58. The zero-order chi connectivity index (χ0) is 18.7. The zero-order valence-electron chi connectivity index (χ0n) is 16.1. The summed E-state index contributed by atoms with van der Waals surface area (Å²) in [5.41, 5.74) is 0. The van der Waals surface area contributed by atoms with E-state index >= 15 is 0 Å². The molecule has 0 aromatic heterocycles. The number of nitrogens with zero attached hydrogens (tertiary/aromatic N) is 1. The minimum Gasteiger partial charge on any atom is -0.357 e. The Kier molecular flexibility index (Phi) is 14.1. The lowest BCUT2D eigenvalue weighted by Gasteiger charge is -2.30. The second kappa shape index (κ2) is 14.1. The number of nitrogens with one attached hydrogen (secondary N) is 3. The molecular formula is C16H35IN4O3S2. The quantitative estimate of drug-likeness (QED) is 0.175. The first-order valence-corrected chi connectivity index (χ1v) is 12.3. The van der Waals surface area contributed by atoms with Crippen molar-refractivity contribution in [3.8, 4) is 0 Å². The van der Waals surface area contributed by atoms with Gasteiger partial charge in [-0.15, -0.1) is 24.0 Å². The predicted molar refractivity (Wildman–Crippen MR) is 121 cm³/mol. The highest BCUT2D eigenvalue weighted by Gasteiger charge is 2.25. The minimum absolute atomic E-state index is 0. The van der Waals surface area contributed by atoms with Crippen LogP contribution in [-0.2, 0) is 20.8 Å². The van der Waals surface area contributed by atoms with Gasteiger partial charge >= 0.3 is 0 Å². The number of hydrogen-bond acceptors (Lipinski definition) is 4. The van der Waals surface area contributed by atoms with Gasteiger partial charge in [0.05, 0.1) is 5.75 Å². The summed E-state index contributed by atoms with van der Waals surface area (Å²) in [5, 5.41) is 6.96. The Morgan fingerprint density at radius 3 is 2.58 bits per heavy atom. The van der Waals surface area contributed by atoms with Gasteiger partial charge in [0.25, 0.3) is 0 Å². The second-order valence-electron chi connectivity index (χ2n) is 6.21. The molecule has 1 aliphatic carbocycles. The van der Waals surface area contributed by atoms with Crippen LogP contribution in [0.15, 0.2) is 4.99 Å². The molecule has 1 rings (SSSR count). The Hall–Kier alpha value is 0.0600. The number of guanidine groups is 1. The number of aliphatic imine (C=N–C) groups is 1. The van der Waals surface area contributed by atoms with Gasteiger partial charge < -0.3 is 10.6 Å². The number of rotatable bonds is 10. The molecule has 3 N–H and O–H groups in total. The highest BCUT2D eigenvalue weighted by Crippen LogP contribution is 2.22. The molecule has 26 heavy (non-hydrogen) atoms. The van der Waals surface area contributed by atoms with Crippen LogP contribution >= 0.6 is 24.0 Å². The van der Waals surface area contributed by atoms with Crippen molar-refractivity contribution in [2.24, 2.45) is 4.99 Å². The molecule has 0 aromatic rings. The molecule has 7 nitrogen and oxygen atoms in total. The lowest BCUT2D eigenvalue weighted by molar-refractivity contribution is 0.413. The molecule has 0 heterocycles. The van der Waals surface area contributed by atoms with Crippen LogP contribution in [0.4, 0.5) is 0 Å². The van der Waals surface area contributed by atoms with E-state index in [1.165, 1.54) is 0 Å². The molecule has 156 valence electrons. The fourth-order valence-electron chi connectivity index (χ4n) is 2.86. The lowest BCUT2D eigenvalue weighted by Crippen LogP contribution is -2.46. The van der Waals surface area contributed by atoms with Crippen molar-refractivity contribution in [1.82, 2.24) is 15.4 Å². The molecule has 0 radical (unpaired) electrons. The molecule has 1 fully saturated rings. The molecular weight excluding hydrogens is 487 g/mol. The van der Waals surface area contributed by atoms with Gasteiger partial charge in [-0.05, 0) is 39.5 Å². The van der Waals surface area contributed by atoms with Crippen LogP contribution in [0.25, 0.3) is 0 Å². The normalized spacial score (nSPS) is 22.3. The van der Waals surface area contributed by atoms with E-state index < -0.39 is 20.8 Å². The summed E-state index contributed by atoms with van der Waals surface area (Å²) >= 11 is 0. The Bertz CT molecular complexity index is 544. The summed E-state index contributed by atoms with van der Waals surface area (Å²) < 4.78 is 37.4. The van der Waals surface area contributed by atoms with E-state index in [1.54, 1.807) is 6.92 Å². The van der Waals surface area contributed by atoms with Gasteiger partial charge in [0.1, 0.15) is 0 Å². The summed E-state index contributed by atoms with van der Waals surface area (Å²) in [4.78, 5) is 4.53. The summed E-state index contributed by atoms with van der Waals surface area (Å²) in [6.45, 7) is 7.34. The van der Waals surface area contributed by atoms with Gasteiger partial charge in [-0.1, -0.05) is 13.3 Å². The van der Waals surface area contributed by atoms with Crippen molar-refractivity contribution in [3.63, 3.8) is 0 Å². The standard InChI is InChI=1S/C16H34N4O3S2.HI/c1-4-17-16(18-11-8-12-19-25(22,23)6-3)20-14-9-7-10-15(13-14)24(21)5-2;/h14-15,19H,4-13H2,1-3H3,(H2,17,18,20);1H. The van der Waals surface area contributed by atoms with E-state index in [0.29, 0.717) is 25.6 Å². The van der Waals surface area contributed by atoms with Gasteiger partial charge in [0.2, 0.25) is 10.0 Å². The molecule has 10 heteroatoms. The van der Waals surface area contributed by atoms with E-state index in [9.17, 15) is 12.6 Å². The van der Waals surface area contributed by atoms with E-state index in [4.69, 9.17) is 0 Å². The van der Waals surface area contributed by atoms with Gasteiger partial charge in [-0.25, -0.2) is 13.1 Å². The van der Waals surface area contributed by atoms with Crippen LogP contribution in [0.1, 0.15) is 52.9 Å². The van der Waals surface area contributed by atoms with Crippen molar-refractivity contribution in [2.45, 2.75) is 64.2 Å². The molecule has 0 saturated heterocycles. The Morgan fingerprint density at radius 2 is 1.96 bits per heavy atom. The van der Waals surface area contributed by atoms with Crippen LogP contribution in [0.3, 0.4) is 0 Å². The van der Waals surface area contributed by atoms with Crippen molar-refractivity contribution in [2.75, 3.05) is 31.1 Å². The third-order valence-corrected chi connectivity index (χ3v) is 7.42. The van der Waals surface area contributed by atoms with Crippen LogP contribution < -0.4 is 15.4 Å². The largest absolute Gasteiger partial charge is 0.357 e. The summed E-state index contributed by atoms with van der Waals surface area (Å²) in [6, 6.07) is 0.297. The van der Waals surface area contributed by atoms with Crippen LogP contribution in [0.5, 0.6) is 0 Å². The SMILES string of the molecule is CCNC(=NCCCNS(=O)(=O)CC)NC1CCCC(S(=O)CC)C1.I. The maximum atomic E-state index is 12.1. The highest BCUT2D eigenvalue weighted by atomic mass is 127. The predicted octanol–water partition coefficient (Wildman–Crippen LogP) is 1.57. The molecule has 1 aliphatic rings. The maximum Gasteiger partial charge on any atom is 0.211 e. The van der Waals surface area contributed by atoms with E-state index in [-0.39, 0.29) is 35.0 Å². The average Bonchev–Trinajstić information content (AvgIpc) is 2.61. The molecule has 0 spiro atoms. The second-order valence-corrected chi connectivity index (χ2v) is 10.3. The van der Waals surface area contributed by atoms with Crippen LogP contribution in [-0.4, -0.2) is 61.0 Å². The fourth-order valence-corrected chi connectivity index (χ4v) is 4.87. The Balaban J connectivity index is 0.00000625. The van der Waals surface area contributed by atoms with Crippen LogP contribution in [0, 0.1) is 0 Å². The average molecular weight is 523 g/mol. The summed E-state index contributed by atoms with van der Waals surface area (Å²) in [6.07, 6.45) is 4.78. The molecule has 3 unspecified atom stereocenters. The van der Waals surface area contributed by atoms with Crippen molar-refractivity contribution >= 4 is 50.8 Å². The molecule has 1 saturated carbocycles. The van der Waals surface area contributed by atoms with Crippen molar-refractivity contribution in [1.29, 1.82) is 0 Å². The fraction of sp³-hybridized carbons (Fsp3) is 0.938. The minimum atomic E-state index is -3.13. The molecule has 0 bridgehead atoms. The van der Waals surface area contributed by atoms with Crippen LogP contribution in [0.2, 0.25) is 0 Å².